The highest BCUT2D eigenvalue weighted by atomic mass is 16.1. The van der Waals surface area contributed by atoms with E-state index in [0.29, 0.717) is 6.42 Å². The van der Waals surface area contributed by atoms with Crippen LogP contribution in [0, 0.1) is 23.3 Å². The highest BCUT2D eigenvalue weighted by Crippen LogP contribution is 2.02. The minimum Gasteiger partial charge on any atom is -0.290 e. The summed E-state index contributed by atoms with van der Waals surface area (Å²) in [7, 11) is 1.58. The second-order valence-corrected chi connectivity index (χ2v) is 1.76. The van der Waals surface area contributed by atoms with Crippen molar-refractivity contribution in [3.05, 3.63) is 4.85 Å². The van der Waals surface area contributed by atoms with Crippen molar-refractivity contribution in [3.8, 4) is 12.1 Å². The quantitative estimate of drug-likeness (QED) is 0.580. The minimum absolute atomic E-state index is 0.200. The molecule has 0 saturated heterocycles. The van der Waals surface area contributed by atoms with Crippen LogP contribution in [-0.2, 0) is 4.79 Å². The molecule has 0 saturated carbocycles. The van der Waals surface area contributed by atoms with E-state index in [1.807, 2.05) is 6.07 Å². The second-order valence-electron chi connectivity index (χ2n) is 1.76. The van der Waals surface area contributed by atoms with Gasteiger partial charge in [0.05, 0.1) is 18.4 Å². The molecule has 3 heteroatoms. The Morgan fingerprint density at radius 2 is 2.30 bits per heavy atom. The van der Waals surface area contributed by atoms with E-state index in [1.54, 1.807) is 13.3 Å². The van der Waals surface area contributed by atoms with Crippen LogP contribution in [0.2, 0.25) is 0 Å². The van der Waals surface area contributed by atoms with Crippen molar-refractivity contribution in [1.29, 1.82) is 5.26 Å². The normalized spacial score (nSPS) is 10.4. The molecule has 0 aromatic rings. The molecule has 0 heterocycles. The zero-order valence-electron chi connectivity index (χ0n) is 5.79. The fraction of sp³-hybridized carbons (Fsp3) is 0.571. The Balaban J connectivity index is 3.69. The van der Waals surface area contributed by atoms with E-state index < -0.39 is 0 Å². The lowest BCUT2D eigenvalue weighted by molar-refractivity contribution is 0.524. The SMILES string of the molecule is C[N+]#CCC([C]=O)CC#N. The zero-order valence-corrected chi connectivity index (χ0v) is 5.79. The van der Waals surface area contributed by atoms with Gasteiger partial charge in [-0.15, -0.1) is 0 Å². The largest absolute Gasteiger partial charge is 0.290 e. The van der Waals surface area contributed by atoms with Crippen LogP contribution in [0.15, 0.2) is 0 Å². The molecule has 0 bridgehead atoms. The van der Waals surface area contributed by atoms with Crippen LogP contribution in [0.1, 0.15) is 12.8 Å². The molecule has 1 atom stereocenters. The smallest absolute Gasteiger partial charge is 0.273 e. The number of nitrogens with zero attached hydrogens (tertiary/aromatic N) is 2. The summed E-state index contributed by atoms with van der Waals surface area (Å²) in [6, 6.07) is 4.48. The van der Waals surface area contributed by atoms with Crippen LogP contribution in [0.3, 0.4) is 0 Å². The summed E-state index contributed by atoms with van der Waals surface area (Å²) in [5.41, 5.74) is 0. The summed E-state index contributed by atoms with van der Waals surface area (Å²) in [6.07, 6.45) is 2.34. The topological polar surface area (TPSA) is 45.2 Å². The lowest BCUT2D eigenvalue weighted by atomic mass is 10.1. The molecule has 0 spiro atoms. The fourth-order valence-corrected chi connectivity index (χ4v) is 0.467. The van der Waals surface area contributed by atoms with E-state index in [2.05, 4.69) is 10.9 Å². The maximum Gasteiger partial charge on any atom is 0.273 e. The van der Waals surface area contributed by atoms with Gasteiger partial charge in [-0.25, -0.2) is 0 Å². The summed E-state index contributed by atoms with van der Waals surface area (Å²) in [6.45, 7) is 0. The molecule has 1 unspecified atom stereocenters. The van der Waals surface area contributed by atoms with Crippen molar-refractivity contribution in [1.82, 2.24) is 0 Å². The van der Waals surface area contributed by atoms with Crippen molar-refractivity contribution < 1.29 is 4.79 Å². The molecule has 51 valence electrons. The van der Waals surface area contributed by atoms with E-state index in [-0.39, 0.29) is 12.3 Å². The van der Waals surface area contributed by atoms with E-state index in [1.165, 1.54) is 0 Å². The molecule has 0 amide bonds. The first-order valence-corrected chi connectivity index (χ1v) is 2.91. The highest BCUT2D eigenvalue weighted by Gasteiger charge is 2.08. The highest BCUT2D eigenvalue weighted by molar-refractivity contribution is 5.55. The predicted molar refractivity (Wildman–Crippen MR) is 37.2 cm³/mol. The van der Waals surface area contributed by atoms with E-state index in [9.17, 15) is 4.79 Å². The predicted octanol–water partition coefficient (Wildman–Crippen LogP) is 0.979. The molecular weight excluding hydrogens is 128 g/mol. The molecule has 0 aliphatic carbocycles. The van der Waals surface area contributed by atoms with Gasteiger partial charge in [-0.05, 0) is 0 Å². The van der Waals surface area contributed by atoms with Gasteiger partial charge in [-0.1, -0.05) is 4.85 Å². The van der Waals surface area contributed by atoms with E-state index >= 15 is 0 Å². The third-order valence-corrected chi connectivity index (χ3v) is 1.00. The third kappa shape index (κ3) is 3.63. The zero-order chi connectivity index (χ0) is 7.82. The molecule has 1 radical (unpaired) electrons. The lowest BCUT2D eigenvalue weighted by Crippen LogP contribution is -1.98. The van der Waals surface area contributed by atoms with E-state index in [0.717, 1.165) is 0 Å². The van der Waals surface area contributed by atoms with Gasteiger partial charge in [0.15, 0.2) is 0 Å². The third-order valence-electron chi connectivity index (χ3n) is 1.00. The molecule has 0 fully saturated rings. The van der Waals surface area contributed by atoms with Crippen LogP contribution < -0.4 is 0 Å². The van der Waals surface area contributed by atoms with E-state index in [4.69, 9.17) is 5.26 Å². The molecule has 0 aliphatic heterocycles. The summed E-state index contributed by atoms with van der Waals surface area (Å²) in [5, 5.41) is 8.18. The van der Waals surface area contributed by atoms with Gasteiger partial charge in [-0.3, -0.25) is 4.79 Å². The molecule has 3 nitrogen and oxygen atoms in total. The molecule has 0 rings (SSSR count). The average Bonchev–Trinajstić information content (AvgIpc) is 1.98. The van der Waals surface area contributed by atoms with Crippen LogP contribution in [0.25, 0.3) is 4.85 Å². The van der Waals surface area contributed by atoms with Crippen LogP contribution >= 0.6 is 0 Å². The Bertz CT molecular complexity index is 194. The van der Waals surface area contributed by atoms with Gasteiger partial charge in [-0.2, -0.15) is 5.26 Å². The Morgan fingerprint density at radius 3 is 2.70 bits per heavy atom. The van der Waals surface area contributed by atoms with Gasteiger partial charge in [0.2, 0.25) is 6.29 Å². The number of rotatable bonds is 3. The monoisotopic (exact) mass is 136 g/mol. The summed E-state index contributed by atoms with van der Waals surface area (Å²) >= 11 is 0. The van der Waals surface area contributed by atoms with Crippen LogP contribution in [0.4, 0.5) is 0 Å². The van der Waals surface area contributed by atoms with Crippen LogP contribution in [0.5, 0.6) is 0 Å². The van der Waals surface area contributed by atoms with Crippen molar-refractivity contribution >= 4 is 6.29 Å². The minimum atomic E-state index is -0.353. The van der Waals surface area contributed by atoms with Gasteiger partial charge in [0, 0.05) is 6.42 Å². The molecular formula is C7H8N2O+. The van der Waals surface area contributed by atoms with Gasteiger partial charge in [0.1, 0.15) is 0 Å². The first kappa shape index (κ1) is 8.65. The average molecular weight is 136 g/mol. The number of nitriles is 1. The molecule has 0 N–H and O–H groups in total. The second kappa shape index (κ2) is 5.78. The summed E-state index contributed by atoms with van der Waals surface area (Å²) in [4.78, 5) is 13.6. The first-order chi connectivity index (χ1) is 4.85. The fourth-order valence-electron chi connectivity index (χ4n) is 0.467. The van der Waals surface area contributed by atoms with Crippen molar-refractivity contribution in [2.45, 2.75) is 12.8 Å². The number of hydrogen-bond acceptors (Lipinski definition) is 2. The summed E-state index contributed by atoms with van der Waals surface area (Å²) < 4.78 is 0. The number of hydrogen-bond donors (Lipinski definition) is 0. The van der Waals surface area contributed by atoms with Crippen molar-refractivity contribution in [2.24, 2.45) is 5.92 Å². The Kier molecular flexibility index (Phi) is 5.00. The molecule has 0 aromatic heterocycles. The number of carbonyl (C=O) groups excluding carboxylic acids is 1. The van der Waals surface area contributed by atoms with Gasteiger partial charge >= 0.3 is 0 Å². The molecule has 0 aliphatic rings. The lowest BCUT2D eigenvalue weighted by Gasteiger charge is -1.90. The molecule has 0 aromatic carbocycles. The van der Waals surface area contributed by atoms with Crippen molar-refractivity contribution in [2.75, 3.05) is 7.05 Å². The van der Waals surface area contributed by atoms with Gasteiger partial charge in [0.25, 0.3) is 13.1 Å². The maximum atomic E-state index is 10.0. The Morgan fingerprint density at radius 1 is 1.60 bits per heavy atom. The standard InChI is InChI=1S/C7H8N2O/c1-9-5-3-7(6-10)2-4-8/h7H,2-3H2,1H3/q+1. The van der Waals surface area contributed by atoms with Crippen LogP contribution in [-0.4, -0.2) is 13.3 Å². The molecule has 10 heavy (non-hydrogen) atoms. The summed E-state index contributed by atoms with van der Waals surface area (Å²) in [5.74, 6) is -0.353. The van der Waals surface area contributed by atoms with Gasteiger partial charge < -0.3 is 0 Å². The van der Waals surface area contributed by atoms with Crippen molar-refractivity contribution in [3.63, 3.8) is 0 Å². The Hall–Kier alpha value is -1.35. The first-order valence-electron chi connectivity index (χ1n) is 2.91. The maximum absolute atomic E-state index is 10.0. The Labute approximate surface area is 60.1 Å².